The predicted octanol–water partition coefficient (Wildman–Crippen LogP) is -0.349. The Morgan fingerprint density at radius 1 is 2.00 bits per heavy atom. The zero-order chi connectivity index (χ0) is 6.20. The molecule has 0 radical (unpaired) electrons. The molecule has 0 aromatic rings. The Hall–Kier alpha value is -0.570. The highest BCUT2D eigenvalue weighted by molar-refractivity contribution is 5.85. The van der Waals surface area contributed by atoms with E-state index in [-0.39, 0.29) is 5.91 Å². The van der Waals surface area contributed by atoms with Crippen LogP contribution in [0.2, 0.25) is 0 Å². The largest absolute Gasteiger partial charge is 0.367 e. The second-order valence-electron chi connectivity index (χ2n) is 2.00. The summed E-state index contributed by atoms with van der Waals surface area (Å²) in [7, 11) is 0. The van der Waals surface area contributed by atoms with Gasteiger partial charge in [-0.1, -0.05) is 6.92 Å². The summed E-state index contributed by atoms with van der Waals surface area (Å²) in [5, 5.41) is 0. The summed E-state index contributed by atoms with van der Waals surface area (Å²) in [5.74, 6) is -0.333. The Balaban J connectivity index is 2.53. The molecule has 0 spiro atoms. The van der Waals surface area contributed by atoms with Crippen molar-refractivity contribution in [3.63, 3.8) is 0 Å². The molecule has 8 heavy (non-hydrogen) atoms. The highest BCUT2D eigenvalue weighted by Crippen LogP contribution is 2.29. The van der Waals surface area contributed by atoms with Crippen molar-refractivity contribution in [1.29, 1.82) is 0 Å². The molecule has 0 saturated carbocycles. The molecule has 1 rings (SSSR count). The van der Waals surface area contributed by atoms with Crippen molar-refractivity contribution in [1.82, 2.24) is 0 Å². The first-order valence-corrected chi connectivity index (χ1v) is 2.65. The second-order valence-corrected chi connectivity index (χ2v) is 2.00. The molecule has 1 fully saturated rings. The third-order valence-electron chi connectivity index (χ3n) is 1.51. The van der Waals surface area contributed by atoms with Gasteiger partial charge in [0.15, 0.2) is 5.60 Å². The van der Waals surface area contributed by atoms with Crippen molar-refractivity contribution in [2.24, 2.45) is 5.73 Å². The van der Waals surface area contributed by atoms with Crippen molar-refractivity contribution in [3.05, 3.63) is 0 Å². The number of carbonyl (C=O) groups is 1. The van der Waals surface area contributed by atoms with E-state index in [4.69, 9.17) is 10.5 Å². The molecular weight excluding hydrogens is 106 g/mol. The van der Waals surface area contributed by atoms with Gasteiger partial charge in [0.05, 0.1) is 6.61 Å². The SMILES string of the molecule is CCC1(C(N)=O)CO1. The van der Waals surface area contributed by atoms with Gasteiger partial charge >= 0.3 is 0 Å². The Labute approximate surface area is 47.8 Å². The maximum atomic E-state index is 10.4. The average molecular weight is 115 g/mol. The van der Waals surface area contributed by atoms with E-state index < -0.39 is 5.60 Å². The molecule has 2 N–H and O–H groups in total. The van der Waals surface area contributed by atoms with Gasteiger partial charge in [0, 0.05) is 0 Å². The number of carbonyl (C=O) groups excluding carboxylic acids is 1. The number of hydrogen-bond donors (Lipinski definition) is 1. The highest BCUT2D eigenvalue weighted by atomic mass is 16.6. The molecule has 0 bridgehead atoms. The van der Waals surface area contributed by atoms with Crippen molar-refractivity contribution >= 4 is 5.91 Å². The van der Waals surface area contributed by atoms with E-state index in [0.717, 1.165) is 0 Å². The second kappa shape index (κ2) is 1.45. The fourth-order valence-corrected chi connectivity index (χ4v) is 0.608. The smallest absolute Gasteiger partial charge is 0.252 e. The molecule has 0 aromatic carbocycles. The summed E-state index contributed by atoms with van der Waals surface area (Å²) < 4.78 is 4.83. The number of ether oxygens (including phenoxy) is 1. The van der Waals surface area contributed by atoms with Crippen LogP contribution < -0.4 is 5.73 Å². The molecular formula is C5H9NO2. The van der Waals surface area contributed by atoms with Crippen LogP contribution in [0, 0.1) is 0 Å². The van der Waals surface area contributed by atoms with Crippen LogP contribution in [0.1, 0.15) is 13.3 Å². The zero-order valence-corrected chi connectivity index (χ0v) is 4.81. The molecule has 1 aliphatic rings. The first-order chi connectivity index (χ1) is 3.71. The van der Waals surface area contributed by atoms with Crippen LogP contribution in [0.15, 0.2) is 0 Å². The van der Waals surface area contributed by atoms with Crippen LogP contribution in [0.5, 0.6) is 0 Å². The van der Waals surface area contributed by atoms with E-state index in [1.165, 1.54) is 0 Å². The summed E-state index contributed by atoms with van der Waals surface area (Å²) in [5.41, 5.74) is 4.41. The van der Waals surface area contributed by atoms with Crippen molar-refractivity contribution in [2.75, 3.05) is 6.61 Å². The molecule has 1 amide bonds. The Morgan fingerprint density at radius 3 is 2.50 bits per heavy atom. The molecule has 0 aliphatic carbocycles. The normalized spacial score (nSPS) is 34.6. The Kier molecular flexibility index (Phi) is 1.01. The van der Waals surface area contributed by atoms with E-state index in [1.807, 2.05) is 6.92 Å². The Bertz CT molecular complexity index is 118. The number of epoxide rings is 1. The summed E-state index contributed by atoms with van der Waals surface area (Å²) >= 11 is 0. The first kappa shape index (κ1) is 5.56. The number of nitrogens with two attached hydrogens (primary N) is 1. The summed E-state index contributed by atoms with van der Waals surface area (Å²) in [4.78, 5) is 10.4. The molecule has 46 valence electrons. The standard InChI is InChI=1S/C5H9NO2/c1-2-5(3-8-5)4(6)7/h2-3H2,1H3,(H2,6,7). The first-order valence-electron chi connectivity index (χ1n) is 2.65. The van der Waals surface area contributed by atoms with Gasteiger partial charge in [-0.2, -0.15) is 0 Å². The molecule has 3 nitrogen and oxygen atoms in total. The maximum Gasteiger partial charge on any atom is 0.252 e. The van der Waals surface area contributed by atoms with Crippen molar-refractivity contribution in [2.45, 2.75) is 18.9 Å². The Morgan fingerprint density at radius 2 is 2.50 bits per heavy atom. The van der Waals surface area contributed by atoms with Crippen LogP contribution >= 0.6 is 0 Å². The van der Waals surface area contributed by atoms with Crippen LogP contribution in [-0.2, 0) is 9.53 Å². The third-order valence-corrected chi connectivity index (χ3v) is 1.51. The third kappa shape index (κ3) is 0.591. The van der Waals surface area contributed by atoms with Crippen LogP contribution in [0.3, 0.4) is 0 Å². The predicted molar refractivity (Wildman–Crippen MR) is 28.2 cm³/mol. The number of primary amides is 1. The molecule has 1 aliphatic heterocycles. The van der Waals surface area contributed by atoms with Gasteiger partial charge in [-0.15, -0.1) is 0 Å². The van der Waals surface area contributed by atoms with E-state index >= 15 is 0 Å². The van der Waals surface area contributed by atoms with Crippen molar-refractivity contribution in [3.8, 4) is 0 Å². The van der Waals surface area contributed by atoms with Crippen LogP contribution in [-0.4, -0.2) is 18.1 Å². The number of amides is 1. The van der Waals surface area contributed by atoms with E-state index in [1.54, 1.807) is 0 Å². The monoisotopic (exact) mass is 115 g/mol. The number of rotatable bonds is 2. The fourth-order valence-electron chi connectivity index (χ4n) is 0.608. The van der Waals surface area contributed by atoms with E-state index in [9.17, 15) is 4.79 Å². The van der Waals surface area contributed by atoms with E-state index in [2.05, 4.69) is 0 Å². The van der Waals surface area contributed by atoms with Gasteiger partial charge in [-0.05, 0) is 6.42 Å². The number of hydrogen-bond acceptors (Lipinski definition) is 2. The molecule has 1 unspecified atom stereocenters. The minimum absolute atomic E-state index is 0.333. The van der Waals surface area contributed by atoms with Gasteiger partial charge in [0.1, 0.15) is 0 Å². The van der Waals surface area contributed by atoms with Gasteiger partial charge in [-0.3, -0.25) is 4.79 Å². The van der Waals surface area contributed by atoms with Crippen LogP contribution in [0.4, 0.5) is 0 Å². The molecule has 3 heteroatoms. The van der Waals surface area contributed by atoms with Gasteiger partial charge in [-0.25, -0.2) is 0 Å². The lowest BCUT2D eigenvalue weighted by atomic mass is 10.1. The molecule has 1 saturated heterocycles. The summed E-state index contributed by atoms with van der Waals surface area (Å²) in [6.45, 7) is 2.40. The molecule has 0 aromatic heterocycles. The van der Waals surface area contributed by atoms with Crippen LogP contribution in [0.25, 0.3) is 0 Å². The van der Waals surface area contributed by atoms with Gasteiger partial charge < -0.3 is 10.5 Å². The minimum Gasteiger partial charge on any atom is -0.367 e. The average Bonchev–Trinajstić information content (AvgIpc) is 2.44. The van der Waals surface area contributed by atoms with Crippen molar-refractivity contribution < 1.29 is 9.53 Å². The summed E-state index contributed by atoms with van der Waals surface area (Å²) in [6.07, 6.45) is 0.697. The topological polar surface area (TPSA) is 55.6 Å². The maximum absolute atomic E-state index is 10.4. The quantitative estimate of drug-likeness (QED) is 0.500. The van der Waals surface area contributed by atoms with E-state index in [0.29, 0.717) is 13.0 Å². The minimum atomic E-state index is -0.569. The lowest BCUT2D eigenvalue weighted by Gasteiger charge is -1.99. The summed E-state index contributed by atoms with van der Waals surface area (Å²) in [6, 6.07) is 0. The highest BCUT2D eigenvalue weighted by Gasteiger charge is 2.48. The zero-order valence-electron chi connectivity index (χ0n) is 4.81. The molecule has 1 heterocycles. The van der Waals surface area contributed by atoms with Gasteiger partial charge in [0.2, 0.25) is 0 Å². The fraction of sp³-hybridized carbons (Fsp3) is 0.800. The molecule has 1 atom stereocenters. The lowest BCUT2D eigenvalue weighted by molar-refractivity contribution is -0.123. The van der Waals surface area contributed by atoms with Gasteiger partial charge in [0.25, 0.3) is 5.91 Å². The lowest BCUT2D eigenvalue weighted by Crippen LogP contribution is -2.31.